The molecule has 2 heteroatoms. The van der Waals surface area contributed by atoms with Crippen LogP contribution in [0.5, 0.6) is 0 Å². The quantitative estimate of drug-likeness (QED) is 0.574. The third-order valence-electron chi connectivity index (χ3n) is 2.01. The molecule has 0 unspecified atom stereocenters. The van der Waals surface area contributed by atoms with Gasteiger partial charge in [-0.1, -0.05) is 0 Å². The van der Waals surface area contributed by atoms with Crippen LogP contribution in [-0.4, -0.2) is 43.5 Å². The molecule has 0 aromatic heterocycles. The first-order valence-electron chi connectivity index (χ1n) is 4.85. The molecule has 0 amide bonds. The van der Waals surface area contributed by atoms with Crippen molar-refractivity contribution in [3.8, 4) is 0 Å². The Bertz CT molecular complexity index is 333. The summed E-state index contributed by atoms with van der Waals surface area (Å²) in [7, 11) is 0. The van der Waals surface area contributed by atoms with Crippen LogP contribution in [0.3, 0.4) is 0 Å². The maximum absolute atomic E-state index is 3.77. The summed E-state index contributed by atoms with van der Waals surface area (Å²) in [4.78, 5) is 2.25. The van der Waals surface area contributed by atoms with E-state index in [-0.39, 0.29) is 0 Å². The van der Waals surface area contributed by atoms with Crippen LogP contribution in [0, 0.1) is 0 Å². The average Bonchev–Trinajstić information content (AvgIpc) is 2.29. The van der Waals surface area contributed by atoms with E-state index in [4.69, 9.17) is 0 Å². The van der Waals surface area contributed by atoms with Crippen molar-refractivity contribution in [2.45, 2.75) is 0 Å². The first-order chi connectivity index (χ1) is 7.29. The fraction of sp³-hybridized carbons (Fsp3) is 0.154. The minimum absolute atomic E-state index is 0.856. The molecule has 1 nitrogen and oxygen atoms in total. The molecule has 0 aliphatic rings. The molecule has 78 valence electrons. The average molecular weight is 313 g/mol. The second-order valence-corrected chi connectivity index (χ2v) is 4.26. The number of hydrogen-bond acceptors (Lipinski definition) is 1. The summed E-state index contributed by atoms with van der Waals surface area (Å²) in [5, 5.41) is 0. The summed E-state index contributed by atoms with van der Waals surface area (Å²) in [6, 6.07) is 10.4. The SMILES string of the molecule is C=CCN(CC=C)C(=[Te])c1ccccc1. The van der Waals surface area contributed by atoms with Gasteiger partial charge in [0.1, 0.15) is 0 Å². The zero-order valence-corrected chi connectivity index (χ0v) is 11.1. The number of rotatable bonds is 6. The van der Waals surface area contributed by atoms with Gasteiger partial charge in [0.05, 0.1) is 0 Å². The Morgan fingerprint density at radius 2 is 1.67 bits per heavy atom. The van der Waals surface area contributed by atoms with Gasteiger partial charge in [-0.15, -0.1) is 0 Å². The zero-order valence-electron chi connectivity index (χ0n) is 8.73. The van der Waals surface area contributed by atoms with Crippen molar-refractivity contribution in [2.75, 3.05) is 13.1 Å². The summed E-state index contributed by atoms with van der Waals surface area (Å²) in [6.45, 7) is 9.25. The molecule has 1 rings (SSSR count). The van der Waals surface area contributed by atoms with Gasteiger partial charge in [0.15, 0.2) is 0 Å². The topological polar surface area (TPSA) is 3.24 Å². The molecule has 1 aromatic carbocycles. The van der Waals surface area contributed by atoms with Crippen LogP contribution in [0.1, 0.15) is 5.56 Å². The van der Waals surface area contributed by atoms with Crippen LogP contribution >= 0.6 is 0 Å². The van der Waals surface area contributed by atoms with Crippen LogP contribution in [0.25, 0.3) is 0 Å². The molecule has 0 aliphatic heterocycles. The van der Waals surface area contributed by atoms with Gasteiger partial charge in [-0.3, -0.25) is 0 Å². The summed E-state index contributed by atoms with van der Waals surface area (Å²) in [5.74, 6) is 0. The van der Waals surface area contributed by atoms with E-state index in [2.05, 4.69) is 42.3 Å². The van der Waals surface area contributed by atoms with Crippen molar-refractivity contribution >= 4 is 25.5 Å². The molecule has 0 bridgehead atoms. The van der Waals surface area contributed by atoms with Crippen molar-refractivity contribution in [3.63, 3.8) is 0 Å². The first kappa shape index (κ1) is 12.2. The van der Waals surface area contributed by atoms with E-state index in [0.29, 0.717) is 0 Å². The molecular weight excluding hydrogens is 298 g/mol. The number of nitrogens with zero attached hydrogens (tertiary/aromatic N) is 1. The van der Waals surface area contributed by atoms with Gasteiger partial charge >= 0.3 is 105 Å². The van der Waals surface area contributed by atoms with Crippen LogP contribution in [-0.2, 0) is 0 Å². The molecule has 0 aliphatic carbocycles. The molecule has 0 radical (unpaired) electrons. The maximum atomic E-state index is 3.77. The van der Waals surface area contributed by atoms with Crippen molar-refractivity contribution in [1.82, 2.24) is 4.90 Å². The summed E-state index contributed by atoms with van der Waals surface area (Å²) >= 11 is 2.05. The Balaban J connectivity index is 2.80. The van der Waals surface area contributed by atoms with E-state index in [1.165, 1.54) is 9.24 Å². The van der Waals surface area contributed by atoms with Gasteiger partial charge < -0.3 is 0 Å². The predicted molar refractivity (Wildman–Crippen MR) is 68.3 cm³/mol. The Labute approximate surface area is 105 Å². The van der Waals surface area contributed by atoms with E-state index in [1.807, 2.05) is 40.0 Å². The second-order valence-electron chi connectivity index (χ2n) is 3.15. The van der Waals surface area contributed by atoms with E-state index < -0.39 is 0 Å². The Hall–Kier alpha value is -0.840. The summed E-state index contributed by atoms with van der Waals surface area (Å²) in [5.41, 5.74) is 1.26. The molecule has 15 heavy (non-hydrogen) atoms. The van der Waals surface area contributed by atoms with Crippen LogP contribution in [0.2, 0.25) is 0 Å². The normalized spacial score (nSPS) is 9.33. The Morgan fingerprint density at radius 3 is 2.13 bits per heavy atom. The van der Waals surface area contributed by atoms with Crippen molar-refractivity contribution in [2.24, 2.45) is 0 Å². The molecule has 0 saturated heterocycles. The summed E-state index contributed by atoms with van der Waals surface area (Å²) in [6.07, 6.45) is 3.83. The van der Waals surface area contributed by atoms with Gasteiger partial charge in [0, 0.05) is 0 Å². The second kappa shape index (κ2) is 6.61. The van der Waals surface area contributed by atoms with E-state index >= 15 is 0 Å². The Kier molecular flexibility index (Phi) is 5.39. The number of hydrogen-bond donors (Lipinski definition) is 0. The first-order valence-corrected chi connectivity index (χ1v) is 6.02. The van der Waals surface area contributed by atoms with Gasteiger partial charge in [0.25, 0.3) is 0 Å². The van der Waals surface area contributed by atoms with Crippen molar-refractivity contribution in [1.29, 1.82) is 0 Å². The third kappa shape index (κ3) is 3.66. The van der Waals surface area contributed by atoms with E-state index in [0.717, 1.165) is 13.1 Å². The van der Waals surface area contributed by atoms with Crippen molar-refractivity contribution < 1.29 is 0 Å². The molecule has 0 saturated carbocycles. The number of benzene rings is 1. The fourth-order valence-corrected chi connectivity index (χ4v) is 2.13. The minimum atomic E-state index is 0.856. The summed E-state index contributed by atoms with van der Waals surface area (Å²) < 4.78 is 1.27. The van der Waals surface area contributed by atoms with Gasteiger partial charge in [0.2, 0.25) is 0 Å². The van der Waals surface area contributed by atoms with Crippen LogP contribution < -0.4 is 0 Å². The van der Waals surface area contributed by atoms with Gasteiger partial charge in [-0.25, -0.2) is 0 Å². The molecule has 0 atom stereocenters. The van der Waals surface area contributed by atoms with E-state index in [1.54, 1.807) is 0 Å². The standard InChI is InChI=1S/C13H15NTe/c1-3-10-14(11-4-2)13(15)12-8-6-5-7-9-12/h3-9H,1-2,10-11H2. The predicted octanol–water partition coefficient (Wildman–Crippen LogP) is 2.01. The Morgan fingerprint density at radius 1 is 1.13 bits per heavy atom. The van der Waals surface area contributed by atoms with Crippen molar-refractivity contribution in [3.05, 3.63) is 61.2 Å². The van der Waals surface area contributed by atoms with Gasteiger partial charge in [-0.2, -0.15) is 0 Å². The molecule has 1 aromatic rings. The fourth-order valence-electron chi connectivity index (χ4n) is 1.32. The molecular formula is C13H15NTe. The molecule has 0 N–H and O–H groups in total. The monoisotopic (exact) mass is 315 g/mol. The van der Waals surface area contributed by atoms with Gasteiger partial charge in [-0.05, 0) is 0 Å². The molecule has 0 fully saturated rings. The third-order valence-corrected chi connectivity index (χ3v) is 3.42. The van der Waals surface area contributed by atoms with Crippen LogP contribution in [0.15, 0.2) is 55.6 Å². The molecule has 0 spiro atoms. The molecule has 0 heterocycles. The van der Waals surface area contributed by atoms with E-state index in [9.17, 15) is 0 Å². The van der Waals surface area contributed by atoms with Crippen LogP contribution in [0.4, 0.5) is 0 Å². The zero-order chi connectivity index (χ0) is 11.1.